The monoisotopic (exact) mass is 554 g/mol. The van der Waals surface area contributed by atoms with Gasteiger partial charge < -0.3 is 16.4 Å². The van der Waals surface area contributed by atoms with E-state index >= 15 is 0 Å². The van der Waals surface area contributed by atoms with Crippen LogP contribution in [0.15, 0.2) is 113 Å². The Kier molecular flexibility index (Phi) is 14.5. The summed E-state index contributed by atoms with van der Waals surface area (Å²) >= 11 is 0. The van der Waals surface area contributed by atoms with Gasteiger partial charge in [-0.15, -0.1) is 0 Å². The molecule has 0 spiro atoms. The fourth-order valence-corrected chi connectivity index (χ4v) is 3.22. The first kappa shape index (κ1) is 33.6. The number of guanidine groups is 1. The lowest BCUT2D eigenvalue weighted by molar-refractivity contribution is 0.207. The number of hydrogen-bond acceptors (Lipinski definition) is 6. The summed E-state index contributed by atoms with van der Waals surface area (Å²) in [5.74, 6) is -0.451. The second-order valence-corrected chi connectivity index (χ2v) is 8.60. The van der Waals surface area contributed by atoms with Gasteiger partial charge in [0.05, 0.1) is 31.2 Å². The van der Waals surface area contributed by atoms with Gasteiger partial charge in [-0.25, -0.2) is 18.6 Å². The number of aliphatic imine (C=N–C) groups is 3. The van der Waals surface area contributed by atoms with Crippen LogP contribution >= 0.6 is 0 Å². The van der Waals surface area contributed by atoms with Crippen LogP contribution in [0.25, 0.3) is 0 Å². The fraction of sp³-hybridized carbons (Fsp3) is 0.310. The highest BCUT2D eigenvalue weighted by molar-refractivity contribution is 5.98. The molecule has 9 nitrogen and oxygen atoms in total. The number of amides is 2. The van der Waals surface area contributed by atoms with Crippen molar-refractivity contribution in [3.63, 3.8) is 0 Å². The van der Waals surface area contributed by atoms with E-state index in [1.54, 1.807) is 44.5 Å². The number of rotatable bonds is 15. The Morgan fingerprint density at radius 1 is 1.23 bits per heavy atom. The second-order valence-electron chi connectivity index (χ2n) is 8.60. The zero-order valence-corrected chi connectivity index (χ0v) is 23.7. The highest BCUT2D eigenvalue weighted by Crippen LogP contribution is 2.22. The highest BCUT2D eigenvalue weighted by atomic mass is 19.1. The summed E-state index contributed by atoms with van der Waals surface area (Å²) in [5, 5.41) is 6.19. The predicted octanol–water partition coefficient (Wildman–Crippen LogP) is 5.01. The minimum atomic E-state index is -0.850. The Hall–Kier alpha value is -4.38. The number of likely N-dealkylation sites (N-methyl/N-ethyl adjacent to an activating group) is 1. The fourth-order valence-electron chi connectivity index (χ4n) is 3.22. The molecule has 11 heteroatoms. The van der Waals surface area contributed by atoms with Crippen LogP contribution in [0.4, 0.5) is 13.6 Å². The number of amidine groups is 1. The van der Waals surface area contributed by atoms with Gasteiger partial charge >= 0.3 is 6.03 Å². The Morgan fingerprint density at radius 2 is 1.93 bits per heavy atom. The number of allylic oxidation sites excluding steroid dienone is 4. The summed E-state index contributed by atoms with van der Waals surface area (Å²) in [7, 11) is 1.78. The van der Waals surface area contributed by atoms with Crippen LogP contribution in [0.2, 0.25) is 0 Å². The Morgan fingerprint density at radius 3 is 2.48 bits per heavy atom. The zero-order valence-electron chi connectivity index (χ0n) is 23.7. The minimum absolute atomic E-state index is 0.0333. The molecule has 2 atom stereocenters. The minimum Gasteiger partial charge on any atom is -0.384 e. The maximum Gasteiger partial charge on any atom is 0.352 e. The van der Waals surface area contributed by atoms with Crippen LogP contribution in [0.5, 0.6) is 0 Å². The molecule has 2 unspecified atom stereocenters. The summed E-state index contributed by atoms with van der Waals surface area (Å²) in [5.41, 5.74) is 6.62. The van der Waals surface area contributed by atoms with Gasteiger partial charge in [0.1, 0.15) is 17.5 Å². The number of hydrogen-bond donors (Lipinski definition) is 3. The van der Waals surface area contributed by atoms with Crippen LogP contribution in [0.1, 0.15) is 27.2 Å². The first-order valence-electron chi connectivity index (χ1n) is 12.7. The number of halogens is 2. The van der Waals surface area contributed by atoms with E-state index < -0.39 is 11.9 Å². The average Bonchev–Trinajstić information content (AvgIpc) is 2.92. The van der Waals surface area contributed by atoms with Crippen molar-refractivity contribution in [1.29, 1.82) is 0 Å². The molecule has 0 saturated heterocycles. The maximum absolute atomic E-state index is 14.6. The molecule has 1 aliphatic rings. The van der Waals surface area contributed by atoms with Crippen LogP contribution in [0.3, 0.4) is 0 Å². The number of carbonyl (C=O) groups excluding carboxylic acids is 1. The molecule has 0 radical (unpaired) electrons. The van der Waals surface area contributed by atoms with E-state index in [9.17, 15) is 13.6 Å². The molecule has 40 heavy (non-hydrogen) atoms. The van der Waals surface area contributed by atoms with E-state index in [0.717, 1.165) is 6.42 Å². The third-order valence-corrected chi connectivity index (χ3v) is 5.63. The normalized spacial score (nSPS) is 17.4. The predicted molar refractivity (Wildman–Crippen MR) is 162 cm³/mol. The molecule has 216 valence electrons. The molecule has 1 rings (SSSR count). The van der Waals surface area contributed by atoms with Crippen molar-refractivity contribution < 1.29 is 13.6 Å². The maximum atomic E-state index is 14.6. The van der Waals surface area contributed by atoms with Gasteiger partial charge in [-0.05, 0) is 45.5 Å². The molecule has 0 aliphatic carbocycles. The number of urea groups is 1. The lowest BCUT2D eigenvalue weighted by Crippen LogP contribution is -2.51. The van der Waals surface area contributed by atoms with Gasteiger partial charge in [0.15, 0.2) is 0 Å². The molecular formula is C29H40F2N8O. The number of nitrogens with two attached hydrogens (primary N) is 1. The van der Waals surface area contributed by atoms with Crippen LogP contribution in [0, 0.1) is 0 Å². The zero-order chi connectivity index (χ0) is 30.2. The molecule has 0 saturated carbocycles. The van der Waals surface area contributed by atoms with E-state index in [1.807, 2.05) is 13.8 Å². The summed E-state index contributed by atoms with van der Waals surface area (Å²) in [6.07, 6.45) is 11.3. The van der Waals surface area contributed by atoms with Crippen molar-refractivity contribution in [2.24, 2.45) is 20.7 Å². The van der Waals surface area contributed by atoms with Crippen LogP contribution < -0.4 is 16.4 Å². The van der Waals surface area contributed by atoms with Crippen molar-refractivity contribution in [3.8, 4) is 0 Å². The topological polar surface area (TPSA) is 111 Å². The molecule has 1 heterocycles. The molecule has 2 amide bonds. The molecule has 0 bridgehead atoms. The molecule has 0 fully saturated rings. The van der Waals surface area contributed by atoms with Gasteiger partial charge in [0, 0.05) is 29.6 Å². The molecule has 4 N–H and O–H groups in total. The number of carbonyl (C=O) groups is 1. The van der Waals surface area contributed by atoms with E-state index in [1.165, 1.54) is 15.9 Å². The first-order valence-corrected chi connectivity index (χ1v) is 12.7. The van der Waals surface area contributed by atoms with Crippen molar-refractivity contribution in [2.45, 2.75) is 39.3 Å². The summed E-state index contributed by atoms with van der Waals surface area (Å²) < 4.78 is 27.3. The largest absolute Gasteiger partial charge is 0.384 e. The third-order valence-electron chi connectivity index (χ3n) is 5.63. The molecular weight excluding hydrogens is 514 g/mol. The molecule has 0 aromatic heterocycles. The van der Waals surface area contributed by atoms with Gasteiger partial charge in [0.2, 0.25) is 5.96 Å². The molecule has 1 aliphatic heterocycles. The standard InChI is InChI=1S/C29H40F2N8O/c1-9-13-27(32)35-21(6)18-39-22(7)38(19-23(11-3)26(31)14-15-30)28(37-29(39)40)36-24(12-4)16-25(33-8)17-34-20(5)10-2/h9,11-17,20,25,33H,3-4,6-7,10,18-19H2,1-2,5,8H3,(H2,32,35)(H,36,37,40)/b13-9-,15-14+,24-16+,26-23-,34-17-. The van der Waals surface area contributed by atoms with E-state index in [0.29, 0.717) is 11.8 Å². The van der Waals surface area contributed by atoms with Crippen LogP contribution in [-0.4, -0.2) is 66.1 Å². The SMILES string of the molecule is C=C/C(CN1C(=C)N(CC(=C)/N=C(N)\C=C/C)C(=O)N=C1N/C(C=C)=C/C(/C=N\C(C)CC)NC)=C(F)\C=C\F. The van der Waals surface area contributed by atoms with Crippen LogP contribution in [-0.2, 0) is 0 Å². The Balaban J connectivity index is 3.51. The van der Waals surface area contributed by atoms with Gasteiger partial charge in [-0.3, -0.25) is 14.8 Å². The lowest BCUT2D eigenvalue weighted by atomic mass is 10.2. The van der Waals surface area contributed by atoms with Crippen molar-refractivity contribution >= 4 is 24.0 Å². The van der Waals surface area contributed by atoms with E-state index in [4.69, 9.17) is 5.73 Å². The number of nitrogens with zero attached hydrogens (tertiary/aromatic N) is 5. The van der Waals surface area contributed by atoms with E-state index in [2.05, 4.69) is 51.9 Å². The quantitative estimate of drug-likeness (QED) is 0.150. The summed E-state index contributed by atoms with van der Waals surface area (Å²) in [6, 6.07) is -0.772. The lowest BCUT2D eigenvalue weighted by Gasteiger charge is -2.37. The molecule has 0 aromatic rings. The average molecular weight is 555 g/mol. The van der Waals surface area contributed by atoms with Crippen molar-refractivity contribution in [1.82, 2.24) is 20.4 Å². The Bertz CT molecular complexity index is 1180. The van der Waals surface area contributed by atoms with Gasteiger partial charge in [-0.2, -0.15) is 4.99 Å². The third kappa shape index (κ3) is 10.4. The molecule has 0 aromatic carbocycles. The van der Waals surface area contributed by atoms with E-state index in [-0.39, 0.29) is 60.4 Å². The first-order chi connectivity index (χ1) is 19.0. The summed E-state index contributed by atoms with van der Waals surface area (Å²) in [6.45, 7) is 20.9. The Labute approximate surface area is 236 Å². The van der Waals surface area contributed by atoms with Crippen molar-refractivity contribution in [3.05, 3.63) is 97.7 Å². The summed E-state index contributed by atoms with van der Waals surface area (Å²) in [4.78, 5) is 28.6. The smallest absolute Gasteiger partial charge is 0.352 e. The van der Waals surface area contributed by atoms with Gasteiger partial charge in [0.25, 0.3) is 0 Å². The van der Waals surface area contributed by atoms with Gasteiger partial charge in [-0.1, -0.05) is 45.4 Å². The van der Waals surface area contributed by atoms with Crippen molar-refractivity contribution in [2.75, 3.05) is 20.1 Å². The second kappa shape index (κ2) is 17.3. The highest BCUT2D eigenvalue weighted by Gasteiger charge is 2.31. The number of nitrogens with one attached hydrogen (secondary N) is 2.